The first-order chi connectivity index (χ1) is 8.61. The van der Waals surface area contributed by atoms with Crippen LogP contribution in [0.15, 0.2) is 30.3 Å². The summed E-state index contributed by atoms with van der Waals surface area (Å²) in [5.41, 5.74) is 1.49. The Kier molecular flexibility index (Phi) is 3.38. The second-order valence-electron chi connectivity index (χ2n) is 4.63. The van der Waals surface area contributed by atoms with Crippen LogP contribution in [0.1, 0.15) is 24.3 Å². The number of aromatic nitrogens is 1. The number of H-pyrrole nitrogens is 1. The molecule has 0 spiro atoms. The number of hydrogen-bond donors (Lipinski definition) is 2. The summed E-state index contributed by atoms with van der Waals surface area (Å²) in [6.07, 6.45) is 5.40. The van der Waals surface area contributed by atoms with Crippen LogP contribution in [0.4, 0.5) is 0 Å². The summed E-state index contributed by atoms with van der Waals surface area (Å²) >= 11 is 0. The van der Waals surface area contributed by atoms with E-state index in [1.54, 1.807) is 0 Å². The van der Waals surface area contributed by atoms with Gasteiger partial charge in [0.1, 0.15) is 5.69 Å². The molecule has 0 radical (unpaired) electrons. The van der Waals surface area contributed by atoms with Crippen LogP contribution in [-0.2, 0) is 0 Å². The van der Waals surface area contributed by atoms with Gasteiger partial charge in [0.15, 0.2) is 0 Å². The standard InChI is InChI=1S/C15H16N2O/c1-4-12(10(2)3)17-15(18)14-9-11-7-5-6-8-13(11)16-14/h1,5-10,12,16H,2-3H3,(H,17,18). The lowest BCUT2D eigenvalue weighted by Crippen LogP contribution is -2.37. The predicted octanol–water partition coefficient (Wildman–Crippen LogP) is 2.56. The summed E-state index contributed by atoms with van der Waals surface area (Å²) in [6, 6.07) is 9.36. The molecule has 0 saturated carbocycles. The Morgan fingerprint density at radius 1 is 1.39 bits per heavy atom. The first-order valence-electron chi connectivity index (χ1n) is 5.96. The van der Waals surface area contributed by atoms with Crippen molar-refractivity contribution in [3.05, 3.63) is 36.0 Å². The molecule has 2 N–H and O–H groups in total. The molecule has 0 aliphatic rings. The van der Waals surface area contributed by atoms with Gasteiger partial charge < -0.3 is 10.3 Å². The van der Waals surface area contributed by atoms with Gasteiger partial charge in [-0.1, -0.05) is 38.0 Å². The van der Waals surface area contributed by atoms with Gasteiger partial charge in [0.25, 0.3) is 5.91 Å². The Morgan fingerprint density at radius 2 is 2.11 bits per heavy atom. The maximum absolute atomic E-state index is 12.1. The van der Waals surface area contributed by atoms with E-state index in [-0.39, 0.29) is 17.9 Å². The quantitative estimate of drug-likeness (QED) is 0.796. The lowest BCUT2D eigenvalue weighted by molar-refractivity contribution is 0.0934. The number of fused-ring (bicyclic) bond motifs is 1. The maximum Gasteiger partial charge on any atom is 0.268 e. The van der Waals surface area contributed by atoms with Crippen molar-refractivity contribution < 1.29 is 4.79 Å². The Bertz CT molecular complexity index is 571. The van der Waals surface area contributed by atoms with Crippen LogP contribution in [0.25, 0.3) is 10.9 Å². The van der Waals surface area contributed by atoms with E-state index in [1.165, 1.54) is 0 Å². The molecule has 0 bridgehead atoms. The van der Waals surface area contributed by atoms with Crippen LogP contribution in [-0.4, -0.2) is 16.9 Å². The minimum atomic E-state index is -0.246. The third-order valence-corrected chi connectivity index (χ3v) is 2.91. The van der Waals surface area contributed by atoms with Crippen molar-refractivity contribution in [2.24, 2.45) is 5.92 Å². The van der Waals surface area contributed by atoms with Gasteiger partial charge in [0.2, 0.25) is 0 Å². The summed E-state index contributed by atoms with van der Waals surface area (Å²) in [4.78, 5) is 15.1. The van der Waals surface area contributed by atoms with Crippen LogP contribution in [0.5, 0.6) is 0 Å². The lowest BCUT2D eigenvalue weighted by atomic mass is 10.1. The zero-order valence-electron chi connectivity index (χ0n) is 10.5. The molecule has 1 unspecified atom stereocenters. The van der Waals surface area contributed by atoms with Gasteiger partial charge in [-0.3, -0.25) is 4.79 Å². The van der Waals surface area contributed by atoms with Crippen molar-refractivity contribution >= 4 is 16.8 Å². The number of aromatic amines is 1. The van der Waals surface area contributed by atoms with Crippen LogP contribution >= 0.6 is 0 Å². The minimum Gasteiger partial charge on any atom is -0.351 e. The first-order valence-corrected chi connectivity index (χ1v) is 5.96. The number of carbonyl (C=O) groups is 1. The zero-order valence-corrected chi connectivity index (χ0v) is 10.5. The number of para-hydroxylation sites is 1. The highest BCUT2D eigenvalue weighted by Gasteiger charge is 2.16. The summed E-state index contributed by atoms with van der Waals surface area (Å²) in [5.74, 6) is 2.64. The Balaban J connectivity index is 2.21. The van der Waals surface area contributed by atoms with Gasteiger partial charge in [-0.05, 0) is 18.1 Å². The largest absolute Gasteiger partial charge is 0.351 e. The van der Waals surface area contributed by atoms with E-state index in [1.807, 2.05) is 44.2 Å². The molecule has 0 aliphatic carbocycles. The fourth-order valence-corrected chi connectivity index (χ4v) is 1.82. The highest BCUT2D eigenvalue weighted by Crippen LogP contribution is 2.14. The molecular weight excluding hydrogens is 224 g/mol. The van der Waals surface area contributed by atoms with Crippen molar-refractivity contribution in [2.45, 2.75) is 19.9 Å². The third kappa shape index (κ3) is 2.38. The molecule has 2 aromatic rings. The normalized spacial score (nSPS) is 12.3. The molecule has 1 atom stereocenters. The molecule has 3 nitrogen and oxygen atoms in total. The van der Waals surface area contributed by atoms with Crippen molar-refractivity contribution in [1.29, 1.82) is 0 Å². The molecule has 2 rings (SSSR count). The van der Waals surface area contributed by atoms with Crippen LogP contribution in [0.2, 0.25) is 0 Å². The molecular formula is C15H16N2O. The number of amides is 1. The fraction of sp³-hybridized carbons (Fsp3) is 0.267. The SMILES string of the molecule is C#CC(NC(=O)c1cc2ccccc2[nH]1)C(C)C. The van der Waals surface area contributed by atoms with E-state index in [0.29, 0.717) is 5.69 Å². The molecule has 1 heterocycles. The van der Waals surface area contributed by atoms with Crippen LogP contribution in [0.3, 0.4) is 0 Å². The highest BCUT2D eigenvalue weighted by molar-refractivity contribution is 5.98. The zero-order chi connectivity index (χ0) is 13.1. The Labute approximate surface area is 107 Å². The average Bonchev–Trinajstić information content (AvgIpc) is 2.79. The molecule has 0 saturated heterocycles. The topological polar surface area (TPSA) is 44.9 Å². The van der Waals surface area contributed by atoms with E-state index in [4.69, 9.17) is 6.42 Å². The van der Waals surface area contributed by atoms with Crippen molar-refractivity contribution in [3.8, 4) is 12.3 Å². The van der Waals surface area contributed by atoms with Crippen molar-refractivity contribution in [2.75, 3.05) is 0 Å². The second-order valence-corrected chi connectivity index (χ2v) is 4.63. The van der Waals surface area contributed by atoms with Gasteiger partial charge in [0.05, 0.1) is 6.04 Å². The lowest BCUT2D eigenvalue weighted by Gasteiger charge is -2.15. The molecule has 92 valence electrons. The number of hydrogen-bond acceptors (Lipinski definition) is 1. The van der Waals surface area contributed by atoms with Gasteiger partial charge in [0, 0.05) is 10.9 Å². The third-order valence-electron chi connectivity index (χ3n) is 2.91. The second kappa shape index (κ2) is 4.97. The van der Waals surface area contributed by atoms with E-state index >= 15 is 0 Å². The number of nitrogens with one attached hydrogen (secondary N) is 2. The van der Waals surface area contributed by atoms with Gasteiger partial charge in [-0.15, -0.1) is 6.42 Å². The average molecular weight is 240 g/mol. The van der Waals surface area contributed by atoms with Crippen LogP contribution < -0.4 is 5.32 Å². The van der Waals surface area contributed by atoms with Gasteiger partial charge in [-0.2, -0.15) is 0 Å². The summed E-state index contributed by atoms with van der Waals surface area (Å²) in [6.45, 7) is 3.96. The molecule has 1 amide bonds. The summed E-state index contributed by atoms with van der Waals surface area (Å²) < 4.78 is 0. The first kappa shape index (κ1) is 12.3. The number of terminal acetylenes is 1. The molecule has 3 heteroatoms. The van der Waals surface area contributed by atoms with E-state index in [2.05, 4.69) is 16.2 Å². The summed E-state index contributed by atoms with van der Waals surface area (Å²) in [7, 11) is 0. The van der Waals surface area contributed by atoms with Crippen molar-refractivity contribution in [1.82, 2.24) is 10.3 Å². The predicted molar refractivity (Wildman–Crippen MR) is 73.2 cm³/mol. The maximum atomic E-state index is 12.1. The number of rotatable bonds is 3. The highest BCUT2D eigenvalue weighted by atomic mass is 16.1. The number of carbonyl (C=O) groups excluding carboxylic acids is 1. The Morgan fingerprint density at radius 3 is 2.72 bits per heavy atom. The number of benzene rings is 1. The fourth-order valence-electron chi connectivity index (χ4n) is 1.82. The molecule has 18 heavy (non-hydrogen) atoms. The minimum absolute atomic E-state index is 0.164. The van der Waals surface area contributed by atoms with Crippen molar-refractivity contribution in [3.63, 3.8) is 0 Å². The molecule has 0 aliphatic heterocycles. The van der Waals surface area contributed by atoms with Gasteiger partial charge >= 0.3 is 0 Å². The molecule has 1 aromatic heterocycles. The van der Waals surface area contributed by atoms with Gasteiger partial charge in [-0.25, -0.2) is 0 Å². The molecule has 0 fully saturated rings. The van der Waals surface area contributed by atoms with E-state index in [0.717, 1.165) is 10.9 Å². The van der Waals surface area contributed by atoms with E-state index in [9.17, 15) is 4.79 Å². The Hall–Kier alpha value is -2.21. The summed E-state index contributed by atoms with van der Waals surface area (Å²) in [5, 5.41) is 3.86. The monoisotopic (exact) mass is 240 g/mol. The smallest absolute Gasteiger partial charge is 0.268 e. The van der Waals surface area contributed by atoms with E-state index < -0.39 is 0 Å². The van der Waals surface area contributed by atoms with Crippen LogP contribution in [0, 0.1) is 18.3 Å². The molecule has 1 aromatic carbocycles.